The van der Waals surface area contributed by atoms with Crippen molar-refractivity contribution in [1.29, 1.82) is 0 Å². The molecular formula is C15H11Cl2NO. The SMILES string of the molecule is O=C(/C=C/c1ccccc1Cl)Nc1ccccc1Cl. The van der Waals surface area contributed by atoms with Gasteiger partial charge in [-0.2, -0.15) is 0 Å². The molecule has 0 saturated heterocycles. The molecule has 0 saturated carbocycles. The zero-order chi connectivity index (χ0) is 13.7. The first-order valence-corrected chi connectivity index (χ1v) is 6.40. The van der Waals surface area contributed by atoms with Gasteiger partial charge in [0.25, 0.3) is 0 Å². The second-order valence-electron chi connectivity index (χ2n) is 3.82. The molecule has 0 bridgehead atoms. The molecule has 2 nitrogen and oxygen atoms in total. The monoisotopic (exact) mass is 291 g/mol. The number of carbonyl (C=O) groups excluding carboxylic acids is 1. The second kappa shape index (κ2) is 6.41. The lowest BCUT2D eigenvalue weighted by Gasteiger charge is -2.03. The van der Waals surface area contributed by atoms with Gasteiger partial charge in [-0.25, -0.2) is 0 Å². The summed E-state index contributed by atoms with van der Waals surface area (Å²) in [5.74, 6) is -0.256. The van der Waals surface area contributed by atoms with Crippen LogP contribution >= 0.6 is 23.2 Å². The molecule has 0 aliphatic carbocycles. The maximum Gasteiger partial charge on any atom is 0.248 e. The number of benzene rings is 2. The molecule has 4 heteroatoms. The van der Waals surface area contributed by atoms with Crippen LogP contribution in [0.3, 0.4) is 0 Å². The number of anilines is 1. The molecule has 0 atom stereocenters. The fourth-order valence-electron chi connectivity index (χ4n) is 1.51. The fraction of sp³-hybridized carbons (Fsp3) is 0. The Bertz CT molecular complexity index is 623. The van der Waals surface area contributed by atoms with Crippen LogP contribution in [0.15, 0.2) is 54.6 Å². The fourth-order valence-corrected chi connectivity index (χ4v) is 1.89. The third kappa shape index (κ3) is 3.85. The molecule has 1 N–H and O–H groups in total. The number of rotatable bonds is 3. The summed E-state index contributed by atoms with van der Waals surface area (Å²) in [6.45, 7) is 0. The maximum absolute atomic E-state index is 11.7. The van der Waals surface area contributed by atoms with Gasteiger partial charge in [-0.05, 0) is 29.8 Å². The Kier molecular flexibility index (Phi) is 4.61. The highest BCUT2D eigenvalue weighted by atomic mass is 35.5. The van der Waals surface area contributed by atoms with Gasteiger partial charge in [-0.15, -0.1) is 0 Å². The molecule has 0 spiro atoms. The molecule has 2 rings (SSSR count). The molecule has 96 valence electrons. The summed E-state index contributed by atoms with van der Waals surface area (Å²) in [6, 6.07) is 14.4. The molecule has 0 unspecified atom stereocenters. The molecule has 0 aliphatic rings. The summed E-state index contributed by atoms with van der Waals surface area (Å²) in [6.07, 6.45) is 3.08. The highest BCUT2D eigenvalue weighted by Gasteiger charge is 2.02. The van der Waals surface area contributed by atoms with Crippen molar-refractivity contribution >= 4 is 40.9 Å². The van der Waals surface area contributed by atoms with E-state index in [1.165, 1.54) is 6.08 Å². The summed E-state index contributed by atoms with van der Waals surface area (Å²) in [5, 5.41) is 3.80. The highest BCUT2D eigenvalue weighted by Crippen LogP contribution is 2.20. The van der Waals surface area contributed by atoms with E-state index < -0.39 is 0 Å². The van der Waals surface area contributed by atoms with E-state index in [2.05, 4.69) is 5.32 Å². The minimum atomic E-state index is -0.256. The quantitative estimate of drug-likeness (QED) is 0.820. The van der Waals surface area contributed by atoms with Crippen molar-refractivity contribution in [3.05, 3.63) is 70.2 Å². The molecule has 0 fully saturated rings. The summed E-state index contributed by atoms with van der Waals surface area (Å²) in [4.78, 5) is 11.7. The summed E-state index contributed by atoms with van der Waals surface area (Å²) >= 11 is 11.9. The van der Waals surface area contributed by atoms with Crippen LogP contribution in [0.25, 0.3) is 6.08 Å². The Balaban J connectivity index is 2.06. The van der Waals surface area contributed by atoms with Gasteiger partial charge in [0.15, 0.2) is 0 Å². The number of hydrogen-bond acceptors (Lipinski definition) is 1. The van der Waals surface area contributed by atoms with Crippen molar-refractivity contribution in [3.63, 3.8) is 0 Å². The van der Waals surface area contributed by atoms with E-state index in [1.807, 2.05) is 18.2 Å². The Morgan fingerprint density at radius 1 is 0.947 bits per heavy atom. The molecule has 0 aliphatic heterocycles. The molecule has 1 amide bonds. The largest absolute Gasteiger partial charge is 0.321 e. The van der Waals surface area contributed by atoms with Gasteiger partial charge >= 0.3 is 0 Å². The van der Waals surface area contributed by atoms with Crippen LogP contribution in [0, 0.1) is 0 Å². The smallest absolute Gasteiger partial charge is 0.248 e. The van der Waals surface area contributed by atoms with E-state index in [1.54, 1.807) is 36.4 Å². The van der Waals surface area contributed by atoms with Crippen molar-refractivity contribution < 1.29 is 4.79 Å². The van der Waals surface area contributed by atoms with Gasteiger partial charge in [0, 0.05) is 11.1 Å². The summed E-state index contributed by atoms with van der Waals surface area (Å²) in [7, 11) is 0. The highest BCUT2D eigenvalue weighted by molar-refractivity contribution is 6.34. The van der Waals surface area contributed by atoms with Crippen molar-refractivity contribution in [2.45, 2.75) is 0 Å². The minimum absolute atomic E-state index is 0.256. The van der Waals surface area contributed by atoms with Crippen molar-refractivity contribution in [2.24, 2.45) is 0 Å². The third-order valence-corrected chi connectivity index (χ3v) is 3.13. The Hall–Kier alpha value is -1.77. The predicted octanol–water partition coefficient (Wildman–Crippen LogP) is 4.65. The number of amides is 1. The molecule has 0 aromatic heterocycles. The molecule has 2 aromatic carbocycles. The minimum Gasteiger partial charge on any atom is -0.321 e. The van der Waals surface area contributed by atoms with Crippen LogP contribution in [0.5, 0.6) is 0 Å². The average molecular weight is 292 g/mol. The van der Waals surface area contributed by atoms with Gasteiger partial charge in [-0.3, -0.25) is 4.79 Å². The van der Waals surface area contributed by atoms with Gasteiger partial charge < -0.3 is 5.32 Å². The summed E-state index contributed by atoms with van der Waals surface area (Å²) in [5.41, 5.74) is 1.37. The van der Waals surface area contributed by atoms with Crippen molar-refractivity contribution in [1.82, 2.24) is 0 Å². The first-order chi connectivity index (χ1) is 9.16. The van der Waals surface area contributed by atoms with E-state index in [9.17, 15) is 4.79 Å². The summed E-state index contributed by atoms with van der Waals surface area (Å²) < 4.78 is 0. The average Bonchev–Trinajstić information content (AvgIpc) is 2.40. The zero-order valence-corrected chi connectivity index (χ0v) is 11.4. The lowest BCUT2D eigenvalue weighted by Crippen LogP contribution is -2.07. The molecule has 0 heterocycles. The Morgan fingerprint density at radius 3 is 2.26 bits per heavy atom. The van der Waals surface area contributed by atoms with Crippen LogP contribution in [-0.2, 0) is 4.79 Å². The predicted molar refractivity (Wildman–Crippen MR) is 80.6 cm³/mol. The number of para-hydroxylation sites is 1. The van der Waals surface area contributed by atoms with E-state index >= 15 is 0 Å². The number of nitrogens with one attached hydrogen (secondary N) is 1. The molecule has 0 radical (unpaired) electrons. The van der Waals surface area contributed by atoms with Gasteiger partial charge in [-0.1, -0.05) is 53.5 Å². The topological polar surface area (TPSA) is 29.1 Å². The van der Waals surface area contributed by atoms with Crippen LogP contribution in [0.2, 0.25) is 10.0 Å². The lowest BCUT2D eigenvalue weighted by atomic mass is 10.2. The number of carbonyl (C=O) groups is 1. The van der Waals surface area contributed by atoms with Crippen LogP contribution in [0.4, 0.5) is 5.69 Å². The Morgan fingerprint density at radius 2 is 1.58 bits per heavy atom. The van der Waals surface area contributed by atoms with Crippen LogP contribution < -0.4 is 5.32 Å². The van der Waals surface area contributed by atoms with E-state index in [-0.39, 0.29) is 5.91 Å². The van der Waals surface area contributed by atoms with E-state index in [0.29, 0.717) is 15.7 Å². The van der Waals surface area contributed by atoms with E-state index in [4.69, 9.17) is 23.2 Å². The van der Waals surface area contributed by atoms with Crippen LogP contribution in [0.1, 0.15) is 5.56 Å². The normalized spacial score (nSPS) is 10.6. The number of hydrogen-bond donors (Lipinski definition) is 1. The Labute approximate surface area is 121 Å². The van der Waals surface area contributed by atoms with Gasteiger partial charge in [0.1, 0.15) is 0 Å². The number of halogens is 2. The van der Waals surface area contributed by atoms with Crippen LogP contribution in [-0.4, -0.2) is 5.91 Å². The van der Waals surface area contributed by atoms with E-state index in [0.717, 1.165) is 5.56 Å². The third-order valence-electron chi connectivity index (χ3n) is 2.45. The molecule has 2 aromatic rings. The first-order valence-electron chi connectivity index (χ1n) is 5.65. The second-order valence-corrected chi connectivity index (χ2v) is 4.64. The van der Waals surface area contributed by atoms with Crippen molar-refractivity contribution in [3.8, 4) is 0 Å². The standard InChI is InChI=1S/C15H11Cl2NO/c16-12-6-2-1-5-11(12)9-10-15(19)18-14-8-4-3-7-13(14)17/h1-10H,(H,18,19)/b10-9+. The van der Waals surface area contributed by atoms with Gasteiger partial charge in [0.2, 0.25) is 5.91 Å². The molecule has 19 heavy (non-hydrogen) atoms. The lowest BCUT2D eigenvalue weighted by molar-refractivity contribution is -0.111. The molecular weight excluding hydrogens is 281 g/mol. The first kappa shape index (κ1) is 13.7. The zero-order valence-electron chi connectivity index (χ0n) is 9.94. The van der Waals surface area contributed by atoms with Crippen molar-refractivity contribution in [2.75, 3.05) is 5.32 Å². The van der Waals surface area contributed by atoms with Gasteiger partial charge in [0.05, 0.1) is 10.7 Å². The maximum atomic E-state index is 11.7.